The quantitative estimate of drug-likeness (QED) is 0.800. The lowest BCUT2D eigenvalue weighted by atomic mass is 10.2. The lowest BCUT2D eigenvalue weighted by Crippen LogP contribution is -2.06. The van der Waals surface area contributed by atoms with E-state index in [1.807, 2.05) is 0 Å². The molecule has 2 rings (SSSR count). The number of carboxylic acid groups (broad SMARTS) is 1. The average Bonchev–Trinajstić information content (AvgIpc) is 2.69. The second kappa shape index (κ2) is 3.49. The van der Waals surface area contributed by atoms with Crippen molar-refractivity contribution >= 4 is 5.97 Å². The van der Waals surface area contributed by atoms with Crippen molar-refractivity contribution in [3.05, 3.63) is 42.0 Å². The predicted octanol–water partition coefficient (Wildman–Crippen LogP) is 1.10. The molecule has 2 aromatic rings. The van der Waals surface area contributed by atoms with Crippen LogP contribution in [0, 0.1) is 5.82 Å². The molecule has 1 aromatic carbocycles. The summed E-state index contributed by atoms with van der Waals surface area (Å²) < 4.78 is 14.1. The Kier molecular flexibility index (Phi) is 2.17. The molecule has 0 atom stereocenters. The van der Waals surface area contributed by atoms with Gasteiger partial charge in [-0.3, -0.25) is 0 Å². The van der Waals surface area contributed by atoms with Crippen LogP contribution in [0.3, 0.4) is 0 Å². The van der Waals surface area contributed by atoms with Crippen LogP contribution in [0.5, 0.6) is 0 Å². The zero-order valence-corrected chi connectivity index (χ0v) is 7.46. The smallest absolute Gasteiger partial charge is 0.337 e. The molecule has 5 nitrogen and oxygen atoms in total. The lowest BCUT2D eigenvalue weighted by molar-refractivity contribution is 0.0696. The first kappa shape index (κ1) is 9.32. The highest BCUT2D eigenvalue weighted by Crippen LogP contribution is 2.15. The van der Waals surface area contributed by atoms with E-state index in [-0.39, 0.29) is 11.3 Å². The van der Waals surface area contributed by atoms with Crippen LogP contribution < -0.4 is 0 Å². The second-order valence-electron chi connectivity index (χ2n) is 2.81. The van der Waals surface area contributed by atoms with Crippen LogP contribution in [0.2, 0.25) is 0 Å². The highest BCUT2D eigenvalue weighted by Gasteiger charge is 2.12. The van der Waals surface area contributed by atoms with E-state index in [4.69, 9.17) is 5.11 Å². The van der Waals surface area contributed by atoms with Gasteiger partial charge in [0.05, 0.1) is 23.6 Å². The van der Waals surface area contributed by atoms with Gasteiger partial charge in [-0.1, -0.05) is 5.21 Å². The minimum Gasteiger partial charge on any atom is -0.478 e. The minimum absolute atomic E-state index is 0.0260. The minimum atomic E-state index is -1.14. The number of hydrogen-bond acceptors (Lipinski definition) is 3. The number of aromatic carboxylic acids is 1. The van der Waals surface area contributed by atoms with Crippen molar-refractivity contribution in [3.8, 4) is 5.69 Å². The molecule has 1 N–H and O–H groups in total. The Balaban J connectivity index is 2.63. The maximum absolute atomic E-state index is 12.9. The molecule has 76 valence electrons. The molecule has 6 heteroatoms. The molecule has 0 spiro atoms. The van der Waals surface area contributed by atoms with E-state index in [1.165, 1.54) is 23.1 Å². The zero-order chi connectivity index (χ0) is 10.8. The van der Waals surface area contributed by atoms with Gasteiger partial charge in [0.25, 0.3) is 0 Å². The lowest BCUT2D eigenvalue weighted by Gasteiger charge is -2.04. The molecule has 1 aromatic heterocycles. The van der Waals surface area contributed by atoms with Crippen LogP contribution in [0.15, 0.2) is 30.6 Å². The van der Waals surface area contributed by atoms with Gasteiger partial charge in [0.15, 0.2) is 0 Å². The van der Waals surface area contributed by atoms with E-state index in [1.54, 1.807) is 0 Å². The molecule has 1 heterocycles. The SMILES string of the molecule is O=C(O)c1ccc(F)cc1-n1ccnn1. The van der Waals surface area contributed by atoms with Crippen molar-refractivity contribution in [1.82, 2.24) is 15.0 Å². The monoisotopic (exact) mass is 207 g/mol. The molecule has 0 aliphatic rings. The highest BCUT2D eigenvalue weighted by molar-refractivity contribution is 5.91. The summed E-state index contributed by atoms with van der Waals surface area (Å²) in [6.45, 7) is 0. The van der Waals surface area contributed by atoms with Crippen molar-refractivity contribution in [2.75, 3.05) is 0 Å². The van der Waals surface area contributed by atoms with Crippen LogP contribution >= 0.6 is 0 Å². The van der Waals surface area contributed by atoms with E-state index in [2.05, 4.69) is 10.3 Å². The van der Waals surface area contributed by atoms with Crippen LogP contribution in [-0.2, 0) is 0 Å². The number of nitrogens with zero attached hydrogens (tertiary/aromatic N) is 3. The maximum Gasteiger partial charge on any atom is 0.337 e. The summed E-state index contributed by atoms with van der Waals surface area (Å²) in [6, 6.07) is 3.37. The van der Waals surface area contributed by atoms with Crippen molar-refractivity contribution in [2.45, 2.75) is 0 Å². The fourth-order valence-electron chi connectivity index (χ4n) is 1.21. The number of carbonyl (C=O) groups is 1. The second-order valence-corrected chi connectivity index (χ2v) is 2.81. The Morgan fingerprint density at radius 2 is 2.27 bits per heavy atom. The topological polar surface area (TPSA) is 68.0 Å². The molecule has 0 saturated carbocycles. The Labute approximate surface area is 83.8 Å². The largest absolute Gasteiger partial charge is 0.478 e. The summed E-state index contributed by atoms with van der Waals surface area (Å²) in [4.78, 5) is 10.8. The van der Waals surface area contributed by atoms with Crippen molar-refractivity contribution < 1.29 is 14.3 Å². The third kappa shape index (κ3) is 1.69. The molecule has 15 heavy (non-hydrogen) atoms. The van der Waals surface area contributed by atoms with Gasteiger partial charge >= 0.3 is 5.97 Å². The van der Waals surface area contributed by atoms with Gasteiger partial charge in [-0.05, 0) is 12.1 Å². The van der Waals surface area contributed by atoms with Crippen LogP contribution in [0.4, 0.5) is 4.39 Å². The highest BCUT2D eigenvalue weighted by atomic mass is 19.1. The molecule has 0 unspecified atom stereocenters. The first-order chi connectivity index (χ1) is 7.18. The summed E-state index contributed by atoms with van der Waals surface area (Å²) in [7, 11) is 0. The first-order valence-corrected chi connectivity index (χ1v) is 4.08. The number of hydrogen-bond donors (Lipinski definition) is 1. The standard InChI is InChI=1S/C9H6FN3O2/c10-6-1-2-7(9(14)15)8(5-6)13-4-3-11-12-13/h1-5H,(H,14,15). The van der Waals surface area contributed by atoms with Gasteiger partial charge in [0.1, 0.15) is 5.82 Å². The summed E-state index contributed by atoms with van der Waals surface area (Å²) in [5.41, 5.74) is 0.127. The van der Waals surface area contributed by atoms with Gasteiger partial charge in [0.2, 0.25) is 0 Å². The molecule has 0 fully saturated rings. The van der Waals surface area contributed by atoms with Crippen molar-refractivity contribution in [2.24, 2.45) is 0 Å². The third-order valence-corrected chi connectivity index (χ3v) is 1.86. The van der Waals surface area contributed by atoms with E-state index in [9.17, 15) is 9.18 Å². The van der Waals surface area contributed by atoms with Crippen molar-refractivity contribution in [1.29, 1.82) is 0 Å². The van der Waals surface area contributed by atoms with E-state index < -0.39 is 11.8 Å². The number of carboxylic acids is 1. The fraction of sp³-hybridized carbons (Fsp3) is 0. The number of aromatic nitrogens is 3. The average molecular weight is 207 g/mol. The van der Waals surface area contributed by atoms with Gasteiger partial charge in [-0.25, -0.2) is 13.9 Å². The van der Waals surface area contributed by atoms with Gasteiger partial charge in [-0.2, -0.15) is 0 Å². The van der Waals surface area contributed by atoms with Gasteiger partial charge in [-0.15, -0.1) is 5.10 Å². The Hall–Kier alpha value is -2.24. The summed E-state index contributed by atoms with van der Waals surface area (Å²) in [5.74, 6) is -1.66. The third-order valence-electron chi connectivity index (χ3n) is 1.86. The van der Waals surface area contributed by atoms with Crippen molar-refractivity contribution in [3.63, 3.8) is 0 Å². The van der Waals surface area contributed by atoms with Crippen LogP contribution in [0.1, 0.15) is 10.4 Å². The van der Waals surface area contributed by atoms with Gasteiger partial charge in [0, 0.05) is 6.07 Å². The summed E-state index contributed by atoms with van der Waals surface area (Å²) >= 11 is 0. The molecule has 0 amide bonds. The predicted molar refractivity (Wildman–Crippen MR) is 48.3 cm³/mol. The van der Waals surface area contributed by atoms with Gasteiger partial charge < -0.3 is 5.11 Å². The molecule has 0 bridgehead atoms. The number of rotatable bonds is 2. The maximum atomic E-state index is 12.9. The molecular formula is C9H6FN3O2. The molecule has 0 aliphatic carbocycles. The summed E-state index contributed by atoms with van der Waals surface area (Å²) in [5, 5.41) is 16.0. The first-order valence-electron chi connectivity index (χ1n) is 4.08. The van der Waals surface area contributed by atoms with Crippen LogP contribution in [0.25, 0.3) is 5.69 Å². The number of benzene rings is 1. The Morgan fingerprint density at radius 3 is 2.87 bits per heavy atom. The number of halogens is 1. The van der Waals surface area contributed by atoms with E-state index in [0.717, 1.165) is 12.1 Å². The Bertz CT molecular complexity index is 496. The summed E-state index contributed by atoms with van der Waals surface area (Å²) in [6.07, 6.45) is 2.83. The van der Waals surface area contributed by atoms with Crippen LogP contribution in [-0.4, -0.2) is 26.1 Å². The molecule has 0 radical (unpaired) electrons. The molecule has 0 saturated heterocycles. The molecule has 0 aliphatic heterocycles. The van der Waals surface area contributed by atoms with E-state index >= 15 is 0 Å². The molecular weight excluding hydrogens is 201 g/mol. The Morgan fingerprint density at radius 1 is 1.47 bits per heavy atom. The normalized spacial score (nSPS) is 10.2. The van der Waals surface area contributed by atoms with E-state index in [0.29, 0.717) is 0 Å². The fourth-order valence-corrected chi connectivity index (χ4v) is 1.21. The zero-order valence-electron chi connectivity index (χ0n) is 7.46.